The van der Waals surface area contributed by atoms with E-state index in [2.05, 4.69) is 15.6 Å². The largest absolute Gasteiger partial charge is 0.439 e. The first-order valence-corrected chi connectivity index (χ1v) is 10.7. The van der Waals surface area contributed by atoms with Crippen LogP contribution < -0.4 is 15.4 Å². The molecule has 0 bridgehead atoms. The second-order valence-electron chi connectivity index (χ2n) is 6.58. The van der Waals surface area contributed by atoms with Gasteiger partial charge in [0.25, 0.3) is 0 Å². The summed E-state index contributed by atoms with van der Waals surface area (Å²) < 4.78 is 29.2. The van der Waals surface area contributed by atoms with Gasteiger partial charge in [-0.15, -0.1) is 0 Å². The lowest BCUT2D eigenvalue weighted by Crippen LogP contribution is -2.40. The highest BCUT2D eigenvalue weighted by Gasteiger charge is 2.21. The zero-order valence-corrected chi connectivity index (χ0v) is 16.0. The van der Waals surface area contributed by atoms with E-state index in [9.17, 15) is 13.2 Å². The summed E-state index contributed by atoms with van der Waals surface area (Å²) in [5.74, 6) is 0.702. The molecule has 2 heterocycles. The molecular formula is C19H23N3O4S. The van der Waals surface area contributed by atoms with Gasteiger partial charge in [-0.2, -0.15) is 0 Å². The van der Waals surface area contributed by atoms with Crippen molar-refractivity contribution in [1.82, 2.24) is 15.6 Å². The fraction of sp³-hybridized carbons (Fsp3) is 0.368. The van der Waals surface area contributed by atoms with Gasteiger partial charge < -0.3 is 15.4 Å². The van der Waals surface area contributed by atoms with Gasteiger partial charge in [0.05, 0.1) is 10.8 Å². The average Bonchev–Trinajstić information content (AvgIpc) is 2.67. The Morgan fingerprint density at radius 3 is 2.93 bits per heavy atom. The summed E-state index contributed by atoms with van der Waals surface area (Å²) >= 11 is 0. The standard InChI is InChI=1S/C19H23N3O4S/c1-27(24,25)17-8-2-7-16(11-17)26-19-15(6-4-10-21-19)13-22-18(23)14-5-3-9-20-12-14/h2,4,6-8,10-11,14,20H,3,5,9,12-13H2,1H3,(H,22,23). The summed E-state index contributed by atoms with van der Waals surface area (Å²) in [6, 6.07) is 9.84. The lowest BCUT2D eigenvalue weighted by molar-refractivity contribution is -0.125. The van der Waals surface area contributed by atoms with Crippen LogP contribution in [0.3, 0.4) is 0 Å². The number of pyridine rings is 1. The van der Waals surface area contributed by atoms with Gasteiger partial charge in [-0.25, -0.2) is 13.4 Å². The van der Waals surface area contributed by atoms with Crippen molar-refractivity contribution in [2.45, 2.75) is 24.3 Å². The van der Waals surface area contributed by atoms with Crippen LogP contribution in [0.15, 0.2) is 47.5 Å². The minimum absolute atomic E-state index is 0.0103. The fourth-order valence-corrected chi connectivity index (χ4v) is 3.59. The number of nitrogens with one attached hydrogen (secondary N) is 2. The van der Waals surface area contributed by atoms with Crippen molar-refractivity contribution in [3.8, 4) is 11.6 Å². The first-order chi connectivity index (χ1) is 12.9. The number of hydrogen-bond acceptors (Lipinski definition) is 6. The van der Waals surface area contributed by atoms with Crippen LogP contribution in [-0.2, 0) is 21.2 Å². The van der Waals surface area contributed by atoms with Crippen molar-refractivity contribution in [2.24, 2.45) is 5.92 Å². The third kappa shape index (κ3) is 5.27. The smallest absolute Gasteiger partial charge is 0.224 e. The van der Waals surface area contributed by atoms with Crippen LogP contribution in [0.1, 0.15) is 18.4 Å². The zero-order valence-electron chi connectivity index (χ0n) is 15.1. The van der Waals surface area contributed by atoms with Crippen molar-refractivity contribution in [3.05, 3.63) is 48.2 Å². The van der Waals surface area contributed by atoms with E-state index in [1.54, 1.807) is 24.4 Å². The summed E-state index contributed by atoms with van der Waals surface area (Å²) in [6.45, 7) is 1.95. The zero-order chi connectivity index (χ0) is 19.3. The van der Waals surface area contributed by atoms with Gasteiger partial charge in [-0.05, 0) is 43.7 Å². The number of amides is 1. The van der Waals surface area contributed by atoms with E-state index in [0.29, 0.717) is 24.7 Å². The van der Waals surface area contributed by atoms with Crippen molar-refractivity contribution in [3.63, 3.8) is 0 Å². The van der Waals surface area contributed by atoms with E-state index in [0.717, 1.165) is 31.2 Å². The average molecular weight is 389 g/mol. The number of piperidine rings is 1. The molecule has 0 radical (unpaired) electrons. The Hall–Kier alpha value is -2.45. The number of carbonyl (C=O) groups is 1. The molecule has 2 N–H and O–H groups in total. The third-order valence-electron chi connectivity index (χ3n) is 4.42. The van der Waals surface area contributed by atoms with Crippen LogP contribution >= 0.6 is 0 Å². The summed E-state index contributed by atoms with van der Waals surface area (Å²) in [7, 11) is -3.32. The molecule has 1 fully saturated rings. The lowest BCUT2D eigenvalue weighted by Gasteiger charge is -2.22. The highest BCUT2D eigenvalue weighted by Crippen LogP contribution is 2.25. The van der Waals surface area contributed by atoms with E-state index in [1.807, 2.05) is 6.07 Å². The molecule has 0 aliphatic carbocycles. The Balaban J connectivity index is 1.70. The van der Waals surface area contributed by atoms with E-state index in [1.165, 1.54) is 12.1 Å². The van der Waals surface area contributed by atoms with Crippen molar-refractivity contribution >= 4 is 15.7 Å². The number of carbonyl (C=O) groups excluding carboxylic acids is 1. The maximum absolute atomic E-state index is 12.3. The summed E-state index contributed by atoms with van der Waals surface area (Å²) in [5.41, 5.74) is 0.722. The van der Waals surface area contributed by atoms with Crippen LogP contribution in [0, 0.1) is 5.92 Å². The minimum Gasteiger partial charge on any atom is -0.439 e. The number of hydrogen-bond donors (Lipinski definition) is 2. The second-order valence-corrected chi connectivity index (χ2v) is 8.59. The molecule has 144 valence electrons. The van der Waals surface area contributed by atoms with E-state index >= 15 is 0 Å². The Labute approximate surface area is 159 Å². The Morgan fingerprint density at radius 2 is 2.19 bits per heavy atom. The molecule has 27 heavy (non-hydrogen) atoms. The molecule has 1 unspecified atom stereocenters. The predicted octanol–water partition coefficient (Wildman–Crippen LogP) is 1.89. The molecule has 3 rings (SSSR count). The van der Waals surface area contributed by atoms with Gasteiger partial charge in [-0.1, -0.05) is 12.1 Å². The maximum atomic E-state index is 12.3. The quantitative estimate of drug-likeness (QED) is 0.783. The normalized spacial score (nSPS) is 17.3. The molecule has 1 saturated heterocycles. The molecule has 0 saturated carbocycles. The molecule has 1 aromatic heterocycles. The molecule has 1 aliphatic rings. The first kappa shape index (κ1) is 19.3. The van der Waals surface area contributed by atoms with Gasteiger partial charge in [0.1, 0.15) is 5.75 Å². The van der Waals surface area contributed by atoms with Crippen LogP contribution in [-0.4, -0.2) is 38.7 Å². The molecule has 7 nitrogen and oxygen atoms in total. The Kier molecular flexibility index (Phi) is 6.08. The lowest BCUT2D eigenvalue weighted by atomic mass is 9.99. The minimum atomic E-state index is -3.32. The molecular weight excluding hydrogens is 366 g/mol. The van der Waals surface area contributed by atoms with E-state index in [4.69, 9.17) is 4.74 Å². The van der Waals surface area contributed by atoms with Crippen molar-refractivity contribution < 1.29 is 17.9 Å². The summed E-state index contributed by atoms with van der Waals surface area (Å²) in [6.07, 6.45) is 4.61. The Morgan fingerprint density at radius 1 is 1.33 bits per heavy atom. The van der Waals surface area contributed by atoms with Crippen LogP contribution in [0.4, 0.5) is 0 Å². The molecule has 1 atom stereocenters. The van der Waals surface area contributed by atoms with Gasteiger partial charge in [0, 0.05) is 31.1 Å². The molecule has 1 aromatic carbocycles. The van der Waals surface area contributed by atoms with Crippen LogP contribution in [0.2, 0.25) is 0 Å². The fourth-order valence-electron chi connectivity index (χ4n) is 2.93. The predicted molar refractivity (Wildman–Crippen MR) is 101 cm³/mol. The molecule has 2 aromatic rings. The number of nitrogens with zero attached hydrogens (tertiary/aromatic N) is 1. The SMILES string of the molecule is CS(=O)(=O)c1cccc(Oc2ncccc2CNC(=O)C2CCCNC2)c1. The number of rotatable bonds is 6. The van der Waals surface area contributed by atoms with Crippen LogP contribution in [0.5, 0.6) is 11.6 Å². The summed E-state index contributed by atoms with van der Waals surface area (Å²) in [5, 5.41) is 6.16. The second kappa shape index (κ2) is 8.49. The number of sulfone groups is 1. The van der Waals surface area contributed by atoms with Gasteiger partial charge in [0.15, 0.2) is 9.84 Å². The topological polar surface area (TPSA) is 97.4 Å². The van der Waals surface area contributed by atoms with Crippen molar-refractivity contribution in [2.75, 3.05) is 19.3 Å². The molecule has 8 heteroatoms. The highest BCUT2D eigenvalue weighted by atomic mass is 32.2. The number of ether oxygens (including phenoxy) is 1. The maximum Gasteiger partial charge on any atom is 0.224 e. The van der Waals surface area contributed by atoms with E-state index in [-0.39, 0.29) is 16.7 Å². The Bertz CT molecular complexity index is 909. The first-order valence-electron chi connectivity index (χ1n) is 8.84. The van der Waals surface area contributed by atoms with Crippen molar-refractivity contribution in [1.29, 1.82) is 0 Å². The van der Waals surface area contributed by atoms with Gasteiger partial charge in [-0.3, -0.25) is 4.79 Å². The van der Waals surface area contributed by atoms with E-state index < -0.39 is 9.84 Å². The molecule has 0 spiro atoms. The third-order valence-corrected chi connectivity index (χ3v) is 5.53. The molecule has 1 aliphatic heterocycles. The number of benzene rings is 1. The summed E-state index contributed by atoms with van der Waals surface area (Å²) in [4.78, 5) is 16.7. The van der Waals surface area contributed by atoms with Crippen LogP contribution in [0.25, 0.3) is 0 Å². The van der Waals surface area contributed by atoms with Gasteiger partial charge >= 0.3 is 0 Å². The monoisotopic (exact) mass is 389 g/mol. The number of aromatic nitrogens is 1. The molecule has 1 amide bonds. The van der Waals surface area contributed by atoms with Gasteiger partial charge in [0.2, 0.25) is 11.8 Å². The highest BCUT2D eigenvalue weighted by molar-refractivity contribution is 7.90.